The lowest BCUT2D eigenvalue weighted by molar-refractivity contribution is -0.139. The lowest BCUT2D eigenvalue weighted by Gasteiger charge is -2.07. The highest BCUT2D eigenvalue weighted by Gasteiger charge is 2.14. The summed E-state index contributed by atoms with van der Waals surface area (Å²) in [5.74, 6) is -0.266. The first-order valence-electron chi connectivity index (χ1n) is 6.81. The maximum atomic E-state index is 10.0. The van der Waals surface area contributed by atoms with Crippen LogP contribution in [0.25, 0.3) is 0 Å². The number of hydrogen-bond acceptors (Lipinski definition) is 4. The van der Waals surface area contributed by atoms with Crippen LogP contribution in [0.2, 0.25) is 0 Å². The Balaban J connectivity index is 0.000000301. The fourth-order valence-electron chi connectivity index (χ4n) is 1.14. The molecular formula is C17H23NO4. The lowest BCUT2D eigenvalue weighted by Crippen LogP contribution is -2.34. The molecule has 0 aliphatic rings. The predicted octanol–water partition coefficient (Wildman–Crippen LogP) is 2.84. The second kappa shape index (κ2) is 11.2. The number of aliphatic carboxylic acids is 1. The van der Waals surface area contributed by atoms with Crippen molar-refractivity contribution in [2.24, 2.45) is 11.7 Å². The summed E-state index contributed by atoms with van der Waals surface area (Å²) < 4.78 is 0. The Morgan fingerprint density at radius 1 is 0.864 bits per heavy atom. The van der Waals surface area contributed by atoms with E-state index in [0.29, 0.717) is 11.5 Å². The van der Waals surface area contributed by atoms with Crippen LogP contribution in [-0.4, -0.2) is 27.3 Å². The number of para-hydroxylation sites is 2. The molecule has 5 heteroatoms. The van der Waals surface area contributed by atoms with Gasteiger partial charge in [0, 0.05) is 0 Å². The molecule has 0 heterocycles. The van der Waals surface area contributed by atoms with Crippen LogP contribution in [0.5, 0.6) is 11.5 Å². The van der Waals surface area contributed by atoms with Crippen LogP contribution in [0.1, 0.15) is 13.8 Å². The van der Waals surface area contributed by atoms with Crippen LogP contribution in [0.4, 0.5) is 0 Å². The average Bonchev–Trinajstić information content (AvgIpc) is 2.49. The van der Waals surface area contributed by atoms with Gasteiger partial charge in [-0.1, -0.05) is 50.2 Å². The predicted molar refractivity (Wildman–Crippen MR) is 86.7 cm³/mol. The van der Waals surface area contributed by atoms with E-state index in [1.165, 1.54) is 0 Å². The second-order valence-electron chi connectivity index (χ2n) is 4.78. The second-order valence-corrected chi connectivity index (χ2v) is 4.78. The number of carbonyl (C=O) groups is 1. The summed E-state index contributed by atoms with van der Waals surface area (Å²) >= 11 is 0. The molecule has 0 spiro atoms. The zero-order chi connectivity index (χ0) is 17.0. The van der Waals surface area contributed by atoms with Gasteiger partial charge in [-0.2, -0.15) is 0 Å². The minimum atomic E-state index is -0.931. The van der Waals surface area contributed by atoms with Crippen molar-refractivity contribution in [2.75, 3.05) is 0 Å². The molecule has 0 amide bonds. The van der Waals surface area contributed by atoms with E-state index < -0.39 is 12.0 Å². The van der Waals surface area contributed by atoms with Gasteiger partial charge in [-0.3, -0.25) is 4.79 Å². The van der Waals surface area contributed by atoms with Gasteiger partial charge in [0.15, 0.2) is 0 Å². The number of phenols is 2. The Morgan fingerprint density at radius 2 is 1.18 bits per heavy atom. The molecule has 0 bridgehead atoms. The van der Waals surface area contributed by atoms with Crippen LogP contribution < -0.4 is 5.73 Å². The number of nitrogens with two attached hydrogens (primary N) is 1. The van der Waals surface area contributed by atoms with Gasteiger partial charge >= 0.3 is 5.97 Å². The summed E-state index contributed by atoms with van der Waals surface area (Å²) in [6.45, 7) is 3.55. The number of aromatic hydroxyl groups is 2. The first-order valence-corrected chi connectivity index (χ1v) is 6.81. The van der Waals surface area contributed by atoms with E-state index in [1.807, 2.05) is 12.1 Å². The first kappa shape index (κ1) is 19.5. The topological polar surface area (TPSA) is 104 Å². The van der Waals surface area contributed by atoms with Crippen LogP contribution >= 0.6 is 0 Å². The maximum absolute atomic E-state index is 10.0. The van der Waals surface area contributed by atoms with Crippen LogP contribution in [0.15, 0.2) is 60.7 Å². The summed E-state index contributed by atoms with van der Waals surface area (Å²) in [4.78, 5) is 10.0. The van der Waals surface area contributed by atoms with Crippen molar-refractivity contribution in [1.29, 1.82) is 0 Å². The molecule has 120 valence electrons. The number of carboxylic acid groups (broad SMARTS) is 1. The van der Waals surface area contributed by atoms with Gasteiger partial charge in [-0.05, 0) is 30.2 Å². The molecule has 0 fully saturated rings. The van der Waals surface area contributed by atoms with E-state index >= 15 is 0 Å². The zero-order valence-electron chi connectivity index (χ0n) is 12.8. The molecule has 5 nitrogen and oxygen atoms in total. The number of hydrogen-bond donors (Lipinski definition) is 4. The normalized spacial score (nSPS) is 10.5. The van der Waals surface area contributed by atoms with Gasteiger partial charge in [0.25, 0.3) is 0 Å². The molecular weight excluding hydrogens is 282 g/mol. The molecule has 2 rings (SSSR count). The zero-order valence-corrected chi connectivity index (χ0v) is 12.8. The molecule has 0 aliphatic carbocycles. The molecule has 0 unspecified atom stereocenters. The van der Waals surface area contributed by atoms with Gasteiger partial charge < -0.3 is 21.1 Å². The molecule has 0 radical (unpaired) electrons. The Bertz CT molecular complexity index is 477. The quantitative estimate of drug-likeness (QED) is 0.683. The SMILES string of the molecule is CC(C)[C@H](N)C(=O)O.Oc1ccccc1.Oc1ccccc1. The van der Waals surface area contributed by atoms with E-state index in [2.05, 4.69) is 0 Å². The molecule has 2 aromatic carbocycles. The number of benzene rings is 2. The van der Waals surface area contributed by atoms with Gasteiger partial charge in [0.05, 0.1) is 0 Å². The number of rotatable bonds is 2. The van der Waals surface area contributed by atoms with E-state index in [9.17, 15) is 4.79 Å². The summed E-state index contributed by atoms with van der Waals surface area (Å²) in [6, 6.07) is 16.7. The molecule has 2 aromatic rings. The van der Waals surface area contributed by atoms with Gasteiger partial charge in [-0.25, -0.2) is 0 Å². The Hall–Kier alpha value is -2.53. The van der Waals surface area contributed by atoms with E-state index in [-0.39, 0.29) is 5.92 Å². The minimum absolute atomic E-state index is 0.0208. The minimum Gasteiger partial charge on any atom is -0.508 e. The number of phenolic OH excluding ortho intramolecular Hbond substituents is 2. The molecule has 0 saturated carbocycles. The lowest BCUT2D eigenvalue weighted by atomic mass is 10.1. The van der Waals surface area contributed by atoms with Crippen molar-refractivity contribution in [2.45, 2.75) is 19.9 Å². The van der Waals surface area contributed by atoms with Gasteiger partial charge in [-0.15, -0.1) is 0 Å². The molecule has 1 atom stereocenters. The van der Waals surface area contributed by atoms with Crippen LogP contribution in [0.3, 0.4) is 0 Å². The fourth-order valence-corrected chi connectivity index (χ4v) is 1.14. The van der Waals surface area contributed by atoms with Crippen molar-refractivity contribution in [3.8, 4) is 11.5 Å². The first-order chi connectivity index (χ1) is 10.3. The average molecular weight is 305 g/mol. The van der Waals surface area contributed by atoms with E-state index in [1.54, 1.807) is 62.4 Å². The number of carboxylic acids is 1. The van der Waals surface area contributed by atoms with Crippen molar-refractivity contribution in [1.82, 2.24) is 0 Å². The standard InChI is InChI=1S/2C6H6O.C5H11NO2/c2*7-6-4-2-1-3-5-6;1-3(2)4(6)5(7)8/h2*1-5,7H;3-4H,6H2,1-2H3,(H,7,8)/t;;4-/m..0/s1. The molecule has 0 saturated heterocycles. The molecule has 0 aromatic heterocycles. The molecule has 22 heavy (non-hydrogen) atoms. The highest BCUT2D eigenvalue weighted by atomic mass is 16.4. The van der Waals surface area contributed by atoms with Crippen molar-refractivity contribution < 1.29 is 20.1 Å². The molecule has 5 N–H and O–H groups in total. The van der Waals surface area contributed by atoms with Crippen LogP contribution in [-0.2, 0) is 4.79 Å². The largest absolute Gasteiger partial charge is 0.508 e. The fraction of sp³-hybridized carbons (Fsp3) is 0.235. The van der Waals surface area contributed by atoms with E-state index in [0.717, 1.165) is 0 Å². The summed E-state index contributed by atoms with van der Waals surface area (Å²) in [6.07, 6.45) is 0. The van der Waals surface area contributed by atoms with Gasteiger partial charge in [0.1, 0.15) is 17.5 Å². The summed E-state index contributed by atoms with van der Waals surface area (Å²) in [7, 11) is 0. The highest BCUT2D eigenvalue weighted by molar-refractivity contribution is 5.73. The Morgan fingerprint density at radius 3 is 1.27 bits per heavy atom. The van der Waals surface area contributed by atoms with E-state index in [4.69, 9.17) is 21.1 Å². The summed E-state index contributed by atoms with van der Waals surface area (Å²) in [5.41, 5.74) is 5.16. The monoisotopic (exact) mass is 305 g/mol. The highest BCUT2D eigenvalue weighted by Crippen LogP contribution is 2.03. The third kappa shape index (κ3) is 10.3. The third-order valence-corrected chi connectivity index (χ3v) is 2.52. The van der Waals surface area contributed by atoms with Crippen molar-refractivity contribution >= 4 is 5.97 Å². The maximum Gasteiger partial charge on any atom is 0.320 e. The third-order valence-electron chi connectivity index (χ3n) is 2.52. The summed E-state index contributed by atoms with van der Waals surface area (Å²) in [5, 5.41) is 25.5. The van der Waals surface area contributed by atoms with Gasteiger partial charge in [0.2, 0.25) is 0 Å². The van der Waals surface area contributed by atoms with Crippen molar-refractivity contribution in [3.05, 3.63) is 60.7 Å². The molecule has 0 aliphatic heterocycles. The van der Waals surface area contributed by atoms with Crippen molar-refractivity contribution in [3.63, 3.8) is 0 Å². The Kier molecular flexibility index (Phi) is 9.88. The Labute approximate surface area is 130 Å². The van der Waals surface area contributed by atoms with Crippen LogP contribution in [0, 0.1) is 5.92 Å². The smallest absolute Gasteiger partial charge is 0.320 e.